The molecule has 0 radical (unpaired) electrons. The van der Waals surface area contributed by atoms with Crippen molar-refractivity contribution in [2.24, 2.45) is 0 Å². The molecule has 1 aromatic rings. The number of nitrogens with one attached hydrogen (secondary N) is 1. The zero-order chi connectivity index (χ0) is 13.8. The van der Waals surface area contributed by atoms with Crippen LogP contribution in [-0.4, -0.2) is 41.0 Å². The maximum Gasteiger partial charge on any atom is 0.323 e. The van der Waals surface area contributed by atoms with Crippen LogP contribution in [0, 0.1) is 0 Å². The van der Waals surface area contributed by atoms with Gasteiger partial charge in [-0.15, -0.1) is 0 Å². The van der Waals surface area contributed by atoms with Crippen LogP contribution in [-0.2, 0) is 9.59 Å². The smallest absolute Gasteiger partial charge is 0.323 e. The van der Waals surface area contributed by atoms with Gasteiger partial charge in [-0.2, -0.15) is 0 Å². The standard InChI is InChI=1S/C13H18N2O3/c1-13(2,12(17)18)15(3)9-11(16)14-10-7-5-4-6-8-10/h4-8H,9H2,1-3H3,(H,14,16)(H,17,18). The number of carbonyl (C=O) groups is 2. The number of carbonyl (C=O) groups excluding carboxylic acids is 1. The van der Waals surface area contributed by atoms with Crippen molar-refractivity contribution in [3.63, 3.8) is 0 Å². The van der Waals surface area contributed by atoms with Gasteiger partial charge in [0.05, 0.1) is 6.54 Å². The van der Waals surface area contributed by atoms with E-state index in [9.17, 15) is 9.59 Å². The number of likely N-dealkylation sites (N-methyl/N-ethyl adjacent to an activating group) is 1. The number of amides is 1. The Morgan fingerprint density at radius 3 is 2.33 bits per heavy atom. The molecule has 0 bridgehead atoms. The van der Waals surface area contributed by atoms with Gasteiger partial charge in [-0.3, -0.25) is 14.5 Å². The third kappa shape index (κ3) is 3.56. The summed E-state index contributed by atoms with van der Waals surface area (Å²) in [6.07, 6.45) is 0. The lowest BCUT2D eigenvalue weighted by atomic mass is 10.0. The molecule has 0 heterocycles. The second-order valence-electron chi connectivity index (χ2n) is 4.63. The minimum absolute atomic E-state index is 0.0220. The topological polar surface area (TPSA) is 69.6 Å². The summed E-state index contributed by atoms with van der Waals surface area (Å²) in [6, 6.07) is 9.05. The molecule has 0 spiro atoms. The predicted octanol–water partition coefficient (Wildman–Crippen LogP) is 1.42. The van der Waals surface area contributed by atoms with Gasteiger partial charge in [0.15, 0.2) is 0 Å². The van der Waals surface area contributed by atoms with Crippen molar-refractivity contribution in [3.05, 3.63) is 30.3 Å². The highest BCUT2D eigenvalue weighted by Gasteiger charge is 2.32. The van der Waals surface area contributed by atoms with Crippen LogP contribution in [0.5, 0.6) is 0 Å². The normalized spacial score (nSPS) is 11.3. The SMILES string of the molecule is CN(CC(=O)Nc1ccccc1)C(C)(C)C(=O)O. The molecule has 1 amide bonds. The van der Waals surface area contributed by atoms with E-state index in [1.165, 1.54) is 4.90 Å². The summed E-state index contributed by atoms with van der Waals surface area (Å²) in [5, 5.41) is 11.8. The second-order valence-corrected chi connectivity index (χ2v) is 4.63. The van der Waals surface area contributed by atoms with Gasteiger partial charge >= 0.3 is 5.97 Å². The van der Waals surface area contributed by atoms with Gasteiger partial charge in [0.1, 0.15) is 5.54 Å². The zero-order valence-corrected chi connectivity index (χ0v) is 10.8. The number of hydrogen-bond donors (Lipinski definition) is 2. The molecule has 0 aromatic heterocycles. The quantitative estimate of drug-likeness (QED) is 0.829. The Balaban J connectivity index is 2.58. The first-order valence-electron chi connectivity index (χ1n) is 5.63. The summed E-state index contributed by atoms with van der Waals surface area (Å²) in [6.45, 7) is 3.14. The molecule has 1 rings (SSSR count). The Hall–Kier alpha value is -1.88. The maximum atomic E-state index is 11.7. The fraction of sp³-hybridized carbons (Fsp3) is 0.385. The molecule has 0 aliphatic carbocycles. The summed E-state index contributed by atoms with van der Waals surface area (Å²) in [4.78, 5) is 24.3. The number of benzene rings is 1. The first-order chi connectivity index (χ1) is 8.34. The first kappa shape index (κ1) is 14.2. The summed E-state index contributed by atoms with van der Waals surface area (Å²) >= 11 is 0. The fourth-order valence-electron chi connectivity index (χ4n) is 1.30. The van der Waals surface area contributed by atoms with E-state index in [0.29, 0.717) is 5.69 Å². The van der Waals surface area contributed by atoms with E-state index in [0.717, 1.165) is 0 Å². The van der Waals surface area contributed by atoms with Crippen LogP contribution in [0.1, 0.15) is 13.8 Å². The third-order valence-electron chi connectivity index (χ3n) is 2.92. The highest BCUT2D eigenvalue weighted by Crippen LogP contribution is 2.12. The van der Waals surface area contributed by atoms with Crippen molar-refractivity contribution in [2.45, 2.75) is 19.4 Å². The second kappa shape index (κ2) is 5.64. The lowest BCUT2D eigenvalue weighted by Crippen LogP contribution is -2.50. The summed E-state index contributed by atoms with van der Waals surface area (Å²) in [5.74, 6) is -1.20. The minimum atomic E-state index is -1.08. The number of nitrogens with zero attached hydrogens (tertiary/aromatic N) is 1. The number of aliphatic carboxylic acids is 1. The monoisotopic (exact) mass is 250 g/mol. The molecule has 0 unspecified atom stereocenters. The van der Waals surface area contributed by atoms with Crippen LogP contribution in [0.15, 0.2) is 30.3 Å². The van der Waals surface area contributed by atoms with Crippen LogP contribution in [0.25, 0.3) is 0 Å². The van der Waals surface area contributed by atoms with Crippen molar-refractivity contribution in [1.82, 2.24) is 4.90 Å². The number of hydrogen-bond acceptors (Lipinski definition) is 3. The van der Waals surface area contributed by atoms with E-state index in [2.05, 4.69) is 5.32 Å². The lowest BCUT2D eigenvalue weighted by molar-refractivity contribution is -0.148. The molecule has 18 heavy (non-hydrogen) atoms. The Morgan fingerprint density at radius 2 is 1.83 bits per heavy atom. The molecule has 0 aliphatic rings. The molecule has 0 saturated carbocycles. The van der Waals surface area contributed by atoms with Crippen LogP contribution in [0.3, 0.4) is 0 Å². The van der Waals surface area contributed by atoms with E-state index >= 15 is 0 Å². The van der Waals surface area contributed by atoms with Gasteiger partial charge in [-0.05, 0) is 33.0 Å². The van der Waals surface area contributed by atoms with Crippen molar-refractivity contribution < 1.29 is 14.7 Å². The lowest BCUT2D eigenvalue weighted by Gasteiger charge is -2.30. The predicted molar refractivity (Wildman–Crippen MR) is 69.4 cm³/mol. The minimum Gasteiger partial charge on any atom is -0.480 e. The molecule has 5 heteroatoms. The molecule has 0 atom stereocenters. The van der Waals surface area contributed by atoms with Crippen molar-refractivity contribution >= 4 is 17.6 Å². The van der Waals surface area contributed by atoms with E-state index in [1.807, 2.05) is 18.2 Å². The maximum absolute atomic E-state index is 11.7. The van der Waals surface area contributed by atoms with E-state index in [-0.39, 0.29) is 12.5 Å². The number of anilines is 1. The van der Waals surface area contributed by atoms with Crippen LogP contribution in [0.2, 0.25) is 0 Å². The van der Waals surface area contributed by atoms with Gasteiger partial charge in [0.25, 0.3) is 0 Å². The first-order valence-corrected chi connectivity index (χ1v) is 5.63. The number of carboxylic acid groups (broad SMARTS) is 1. The highest BCUT2D eigenvalue weighted by molar-refractivity contribution is 5.92. The van der Waals surface area contributed by atoms with Gasteiger partial charge in [0.2, 0.25) is 5.91 Å². The van der Waals surface area contributed by atoms with Crippen molar-refractivity contribution in [1.29, 1.82) is 0 Å². The van der Waals surface area contributed by atoms with Gasteiger partial charge in [-0.1, -0.05) is 18.2 Å². The molecule has 0 fully saturated rings. The van der Waals surface area contributed by atoms with Gasteiger partial charge in [0, 0.05) is 5.69 Å². The molecule has 0 aliphatic heterocycles. The molecule has 1 aromatic carbocycles. The Morgan fingerprint density at radius 1 is 1.28 bits per heavy atom. The molecule has 0 saturated heterocycles. The van der Waals surface area contributed by atoms with Crippen molar-refractivity contribution in [3.8, 4) is 0 Å². The number of carboxylic acids is 1. The third-order valence-corrected chi connectivity index (χ3v) is 2.92. The van der Waals surface area contributed by atoms with Crippen molar-refractivity contribution in [2.75, 3.05) is 18.9 Å². The van der Waals surface area contributed by atoms with E-state index in [1.54, 1.807) is 33.0 Å². The van der Waals surface area contributed by atoms with Crippen LogP contribution >= 0.6 is 0 Å². The number of para-hydroxylation sites is 1. The van der Waals surface area contributed by atoms with Gasteiger partial charge < -0.3 is 10.4 Å². The average molecular weight is 250 g/mol. The molecule has 98 valence electrons. The van der Waals surface area contributed by atoms with Crippen LogP contribution in [0.4, 0.5) is 5.69 Å². The molecule has 5 nitrogen and oxygen atoms in total. The van der Waals surface area contributed by atoms with Gasteiger partial charge in [-0.25, -0.2) is 0 Å². The fourth-order valence-corrected chi connectivity index (χ4v) is 1.30. The van der Waals surface area contributed by atoms with E-state index < -0.39 is 11.5 Å². The summed E-state index contributed by atoms with van der Waals surface area (Å²) in [7, 11) is 1.61. The average Bonchev–Trinajstić information content (AvgIpc) is 2.29. The Labute approximate surface area is 106 Å². The Kier molecular flexibility index (Phi) is 4.44. The van der Waals surface area contributed by atoms with Crippen LogP contribution < -0.4 is 5.32 Å². The van der Waals surface area contributed by atoms with E-state index in [4.69, 9.17) is 5.11 Å². The summed E-state index contributed by atoms with van der Waals surface area (Å²) in [5.41, 5.74) is -0.377. The molecular formula is C13H18N2O3. The summed E-state index contributed by atoms with van der Waals surface area (Å²) < 4.78 is 0. The number of rotatable bonds is 5. The zero-order valence-electron chi connectivity index (χ0n) is 10.8. The molecule has 2 N–H and O–H groups in total. The Bertz CT molecular complexity index is 429. The highest BCUT2D eigenvalue weighted by atomic mass is 16.4. The molecular weight excluding hydrogens is 232 g/mol. The largest absolute Gasteiger partial charge is 0.480 e.